The monoisotopic (exact) mass is 164 g/mol. The molecule has 1 aliphatic rings. The van der Waals surface area contributed by atoms with Gasteiger partial charge in [-0.25, -0.2) is 4.79 Å². The Morgan fingerprint density at radius 3 is 2.67 bits per heavy atom. The van der Waals surface area contributed by atoms with Crippen LogP contribution in [0.5, 0.6) is 11.5 Å². The molecular weight excluding hydrogens is 156 g/mol. The largest absolute Gasteiger partial charge is 0.475 e. The van der Waals surface area contributed by atoms with Gasteiger partial charge < -0.3 is 9.47 Å². The second-order valence-electron chi connectivity index (χ2n) is 2.63. The van der Waals surface area contributed by atoms with Crippen molar-refractivity contribution in [2.45, 2.75) is 13.0 Å². The lowest BCUT2D eigenvalue weighted by molar-refractivity contribution is -0.144. The molecule has 0 aliphatic carbocycles. The molecule has 1 aliphatic heterocycles. The van der Waals surface area contributed by atoms with Crippen molar-refractivity contribution in [3.63, 3.8) is 0 Å². The zero-order chi connectivity index (χ0) is 8.55. The molecule has 62 valence electrons. The van der Waals surface area contributed by atoms with Gasteiger partial charge in [-0.2, -0.15) is 0 Å². The van der Waals surface area contributed by atoms with E-state index in [1.54, 1.807) is 25.1 Å². The normalized spacial score (nSPS) is 20.8. The van der Waals surface area contributed by atoms with Gasteiger partial charge in [-0.1, -0.05) is 12.1 Å². The van der Waals surface area contributed by atoms with Gasteiger partial charge in [0.2, 0.25) is 0 Å². The number of fused-ring (bicyclic) bond motifs is 1. The van der Waals surface area contributed by atoms with Crippen LogP contribution in [0.25, 0.3) is 0 Å². The summed E-state index contributed by atoms with van der Waals surface area (Å²) in [5.74, 6) is 0.791. The molecule has 1 aromatic carbocycles. The molecule has 0 bridgehead atoms. The first-order valence-electron chi connectivity index (χ1n) is 3.75. The number of para-hydroxylation sites is 2. The minimum absolute atomic E-state index is 0.339. The van der Waals surface area contributed by atoms with E-state index >= 15 is 0 Å². The summed E-state index contributed by atoms with van der Waals surface area (Å²) in [4.78, 5) is 11.0. The van der Waals surface area contributed by atoms with Gasteiger partial charge in [0.25, 0.3) is 0 Å². The molecule has 1 heterocycles. The molecular formula is C9H8O3. The number of hydrogen-bond donors (Lipinski definition) is 0. The first-order valence-corrected chi connectivity index (χ1v) is 3.75. The van der Waals surface area contributed by atoms with Crippen LogP contribution in [0, 0.1) is 0 Å². The van der Waals surface area contributed by atoms with Crippen molar-refractivity contribution in [3.05, 3.63) is 24.3 Å². The highest BCUT2D eigenvalue weighted by molar-refractivity contribution is 5.79. The van der Waals surface area contributed by atoms with Crippen LogP contribution < -0.4 is 9.47 Å². The smallest absolute Gasteiger partial charge is 0.352 e. The zero-order valence-corrected chi connectivity index (χ0v) is 6.61. The van der Waals surface area contributed by atoms with Crippen molar-refractivity contribution in [1.82, 2.24) is 0 Å². The van der Waals surface area contributed by atoms with E-state index in [2.05, 4.69) is 0 Å². The average Bonchev–Trinajstić information content (AvgIpc) is 2.07. The summed E-state index contributed by atoms with van der Waals surface area (Å²) in [5.41, 5.74) is 0. The fraction of sp³-hybridized carbons (Fsp3) is 0.222. The van der Waals surface area contributed by atoms with E-state index in [4.69, 9.17) is 9.47 Å². The van der Waals surface area contributed by atoms with Gasteiger partial charge in [-0.05, 0) is 19.1 Å². The number of rotatable bonds is 0. The fourth-order valence-electron chi connectivity index (χ4n) is 1.06. The molecule has 0 saturated carbocycles. The molecule has 1 atom stereocenters. The van der Waals surface area contributed by atoms with Gasteiger partial charge >= 0.3 is 5.97 Å². The van der Waals surface area contributed by atoms with Gasteiger partial charge in [0, 0.05) is 0 Å². The Morgan fingerprint density at radius 1 is 1.25 bits per heavy atom. The van der Waals surface area contributed by atoms with Crippen LogP contribution in [0.15, 0.2) is 24.3 Å². The third kappa shape index (κ3) is 1.03. The maximum absolute atomic E-state index is 11.0. The third-order valence-corrected chi connectivity index (χ3v) is 1.70. The molecule has 0 radical (unpaired) electrons. The molecule has 0 fully saturated rings. The van der Waals surface area contributed by atoms with E-state index in [1.807, 2.05) is 6.07 Å². The average molecular weight is 164 g/mol. The standard InChI is InChI=1S/C9H8O3/c1-6-9(10)12-8-5-3-2-4-7(8)11-6/h2-6H,1H3/t6-/m0/s1. The Hall–Kier alpha value is -1.51. The summed E-state index contributed by atoms with van der Waals surface area (Å²) in [6.07, 6.45) is -0.500. The van der Waals surface area contributed by atoms with Crippen LogP contribution in [-0.4, -0.2) is 12.1 Å². The molecule has 0 aromatic heterocycles. The topological polar surface area (TPSA) is 35.5 Å². The highest BCUT2D eigenvalue weighted by atomic mass is 16.6. The molecule has 2 rings (SSSR count). The van der Waals surface area contributed by atoms with Gasteiger partial charge in [-0.3, -0.25) is 0 Å². The van der Waals surface area contributed by atoms with Gasteiger partial charge in [0.15, 0.2) is 17.6 Å². The summed E-state index contributed by atoms with van der Waals surface area (Å²) in [6.45, 7) is 1.66. The van der Waals surface area contributed by atoms with Crippen molar-refractivity contribution in [1.29, 1.82) is 0 Å². The number of esters is 1. The Bertz CT molecular complexity index is 319. The van der Waals surface area contributed by atoms with Crippen molar-refractivity contribution < 1.29 is 14.3 Å². The zero-order valence-electron chi connectivity index (χ0n) is 6.61. The maximum Gasteiger partial charge on any atom is 0.352 e. The molecule has 12 heavy (non-hydrogen) atoms. The lowest BCUT2D eigenvalue weighted by atomic mass is 10.3. The van der Waals surface area contributed by atoms with Crippen LogP contribution in [0.3, 0.4) is 0 Å². The van der Waals surface area contributed by atoms with E-state index < -0.39 is 6.10 Å². The predicted molar refractivity (Wildman–Crippen MR) is 42.2 cm³/mol. The Morgan fingerprint density at radius 2 is 1.92 bits per heavy atom. The van der Waals surface area contributed by atoms with E-state index in [9.17, 15) is 4.79 Å². The molecule has 3 nitrogen and oxygen atoms in total. The summed E-state index contributed by atoms with van der Waals surface area (Å²) >= 11 is 0. The third-order valence-electron chi connectivity index (χ3n) is 1.70. The van der Waals surface area contributed by atoms with Crippen molar-refractivity contribution in [3.8, 4) is 11.5 Å². The van der Waals surface area contributed by atoms with E-state index in [0.717, 1.165) is 0 Å². The summed E-state index contributed by atoms with van der Waals surface area (Å²) in [5, 5.41) is 0. The number of ether oxygens (including phenoxy) is 2. The van der Waals surface area contributed by atoms with Crippen LogP contribution in [0.4, 0.5) is 0 Å². The summed E-state index contributed by atoms with van der Waals surface area (Å²) in [6, 6.07) is 7.12. The summed E-state index contributed by atoms with van der Waals surface area (Å²) < 4.78 is 10.2. The Balaban J connectivity index is 2.40. The maximum atomic E-state index is 11.0. The number of carbonyl (C=O) groups excluding carboxylic acids is 1. The number of benzene rings is 1. The van der Waals surface area contributed by atoms with Crippen LogP contribution >= 0.6 is 0 Å². The predicted octanol–water partition coefficient (Wildman–Crippen LogP) is 1.37. The van der Waals surface area contributed by atoms with E-state index in [0.29, 0.717) is 11.5 Å². The van der Waals surface area contributed by atoms with Crippen LogP contribution in [0.2, 0.25) is 0 Å². The Kier molecular flexibility index (Phi) is 1.50. The SMILES string of the molecule is C[C@@H]1Oc2ccccc2OC1=O. The van der Waals surface area contributed by atoms with Gasteiger partial charge in [0.05, 0.1) is 0 Å². The molecule has 0 saturated heterocycles. The molecule has 1 aromatic rings. The minimum Gasteiger partial charge on any atom is -0.475 e. The molecule has 3 heteroatoms. The second-order valence-corrected chi connectivity index (χ2v) is 2.63. The van der Waals surface area contributed by atoms with Crippen LogP contribution in [-0.2, 0) is 4.79 Å². The first kappa shape index (κ1) is 7.16. The lowest BCUT2D eigenvalue weighted by Crippen LogP contribution is -2.32. The lowest BCUT2D eigenvalue weighted by Gasteiger charge is -2.21. The van der Waals surface area contributed by atoms with Crippen molar-refractivity contribution in [2.24, 2.45) is 0 Å². The highest BCUT2D eigenvalue weighted by Gasteiger charge is 2.24. The molecule has 0 amide bonds. The minimum atomic E-state index is -0.500. The van der Waals surface area contributed by atoms with E-state index in [1.165, 1.54) is 0 Å². The van der Waals surface area contributed by atoms with Gasteiger partial charge in [0.1, 0.15) is 0 Å². The first-order chi connectivity index (χ1) is 5.77. The Labute approximate surface area is 69.9 Å². The molecule has 0 N–H and O–H groups in total. The van der Waals surface area contributed by atoms with Crippen molar-refractivity contribution >= 4 is 5.97 Å². The quantitative estimate of drug-likeness (QED) is 0.429. The van der Waals surface area contributed by atoms with E-state index in [-0.39, 0.29) is 5.97 Å². The van der Waals surface area contributed by atoms with Gasteiger partial charge in [-0.15, -0.1) is 0 Å². The van der Waals surface area contributed by atoms with Crippen LogP contribution in [0.1, 0.15) is 6.92 Å². The fourth-order valence-corrected chi connectivity index (χ4v) is 1.06. The van der Waals surface area contributed by atoms with Crippen molar-refractivity contribution in [2.75, 3.05) is 0 Å². The molecule has 0 spiro atoms. The number of carbonyl (C=O) groups is 1. The molecule has 0 unspecified atom stereocenters. The highest BCUT2D eigenvalue weighted by Crippen LogP contribution is 2.30. The second kappa shape index (κ2) is 2.52. The number of hydrogen-bond acceptors (Lipinski definition) is 3. The summed E-state index contributed by atoms with van der Waals surface area (Å²) in [7, 11) is 0.